The maximum atomic E-state index is 5.54. The van der Waals surface area contributed by atoms with Crippen LogP contribution in [0.3, 0.4) is 0 Å². The van der Waals surface area contributed by atoms with E-state index in [0.29, 0.717) is 18.2 Å². The van der Waals surface area contributed by atoms with Gasteiger partial charge in [0.25, 0.3) is 0 Å². The molecule has 90 valence electrons. The van der Waals surface area contributed by atoms with Crippen LogP contribution in [0, 0.1) is 0 Å². The first-order chi connectivity index (χ1) is 8.86. The van der Waals surface area contributed by atoms with Gasteiger partial charge in [-0.05, 0) is 0 Å². The Labute approximate surface area is 108 Å². The van der Waals surface area contributed by atoms with Gasteiger partial charge in [-0.2, -0.15) is 5.10 Å². The Morgan fingerprint density at radius 3 is 2.72 bits per heavy atom. The van der Waals surface area contributed by atoms with Gasteiger partial charge < -0.3 is 5.73 Å². The molecule has 0 aliphatic rings. The van der Waals surface area contributed by atoms with Gasteiger partial charge in [-0.15, -0.1) is 11.3 Å². The van der Waals surface area contributed by atoms with E-state index in [1.165, 1.54) is 11.3 Å². The molecule has 0 saturated heterocycles. The van der Waals surface area contributed by atoms with E-state index in [4.69, 9.17) is 5.73 Å². The summed E-state index contributed by atoms with van der Waals surface area (Å²) in [5.74, 6) is 1.35. The molecule has 0 aliphatic carbocycles. The van der Waals surface area contributed by atoms with E-state index >= 15 is 0 Å². The first-order valence-electron chi connectivity index (χ1n) is 5.49. The van der Waals surface area contributed by atoms with Crippen LogP contribution in [0.5, 0.6) is 0 Å². The lowest BCUT2D eigenvalue weighted by molar-refractivity contribution is 1.03. The van der Waals surface area contributed by atoms with E-state index < -0.39 is 0 Å². The molecule has 0 atom stereocenters. The van der Waals surface area contributed by atoms with Crippen molar-refractivity contribution in [2.45, 2.75) is 6.54 Å². The molecule has 0 bridgehead atoms. The zero-order chi connectivity index (χ0) is 12.4. The summed E-state index contributed by atoms with van der Waals surface area (Å²) in [6, 6.07) is 9.82. The molecule has 1 aromatic carbocycles. The first kappa shape index (κ1) is 11.1. The highest BCUT2D eigenvalue weighted by atomic mass is 32.1. The van der Waals surface area contributed by atoms with Crippen LogP contribution in [0.15, 0.2) is 35.7 Å². The lowest BCUT2D eigenvalue weighted by atomic mass is 10.2. The molecule has 3 aromatic rings. The fourth-order valence-corrected chi connectivity index (χ4v) is 2.27. The predicted octanol–water partition coefficient (Wildman–Crippen LogP) is 2.05. The van der Waals surface area contributed by atoms with E-state index in [1.54, 1.807) is 0 Å². The smallest absolute Gasteiger partial charge is 0.181 e. The van der Waals surface area contributed by atoms with Crippen molar-refractivity contribution in [1.82, 2.24) is 20.2 Å². The second-order valence-corrected chi connectivity index (χ2v) is 4.65. The second-order valence-electron chi connectivity index (χ2n) is 3.70. The molecule has 0 saturated carbocycles. The van der Waals surface area contributed by atoms with Gasteiger partial charge in [-0.3, -0.25) is 5.10 Å². The predicted molar refractivity (Wildman–Crippen MR) is 70.8 cm³/mol. The van der Waals surface area contributed by atoms with E-state index in [0.717, 1.165) is 16.3 Å². The first-order valence-corrected chi connectivity index (χ1v) is 6.37. The third kappa shape index (κ3) is 2.03. The molecule has 0 radical (unpaired) electrons. The van der Waals surface area contributed by atoms with Crippen LogP contribution in [-0.2, 0) is 6.54 Å². The number of benzene rings is 1. The van der Waals surface area contributed by atoms with Crippen molar-refractivity contribution in [3.05, 3.63) is 40.7 Å². The van der Waals surface area contributed by atoms with Crippen LogP contribution in [0.4, 0.5) is 0 Å². The van der Waals surface area contributed by atoms with Crippen molar-refractivity contribution in [2.24, 2.45) is 5.73 Å². The Kier molecular flexibility index (Phi) is 2.87. The average Bonchev–Trinajstić information content (AvgIpc) is 3.08. The summed E-state index contributed by atoms with van der Waals surface area (Å²) < 4.78 is 0. The Balaban J connectivity index is 1.94. The Morgan fingerprint density at radius 1 is 1.17 bits per heavy atom. The largest absolute Gasteiger partial charge is 0.325 e. The van der Waals surface area contributed by atoms with Gasteiger partial charge in [0, 0.05) is 17.5 Å². The van der Waals surface area contributed by atoms with E-state index in [1.807, 2.05) is 35.7 Å². The molecular weight excluding hydrogens is 246 g/mol. The monoisotopic (exact) mass is 257 g/mol. The lowest BCUT2D eigenvalue weighted by Crippen LogP contribution is -1.94. The van der Waals surface area contributed by atoms with Crippen molar-refractivity contribution >= 4 is 11.3 Å². The van der Waals surface area contributed by atoms with Gasteiger partial charge in [-0.25, -0.2) is 9.97 Å². The summed E-state index contributed by atoms with van der Waals surface area (Å²) in [4.78, 5) is 8.80. The molecule has 2 heterocycles. The molecule has 18 heavy (non-hydrogen) atoms. The van der Waals surface area contributed by atoms with E-state index in [2.05, 4.69) is 20.2 Å². The fraction of sp³-hybridized carbons (Fsp3) is 0.0833. The summed E-state index contributed by atoms with van der Waals surface area (Å²) in [6.45, 7) is 0.449. The Hall–Kier alpha value is -2.05. The summed E-state index contributed by atoms with van der Waals surface area (Å²) in [5.41, 5.74) is 7.31. The molecule has 0 aliphatic heterocycles. The van der Waals surface area contributed by atoms with Gasteiger partial charge in [0.1, 0.15) is 10.7 Å². The minimum atomic E-state index is 0.449. The number of H-pyrrole nitrogens is 1. The lowest BCUT2D eigenvalue weighted by Gasteiger charge is -1.91. The number of rotatable bonds is 3. The van der Waals surface area contributed by atoms with Gasteiger partial charge in [-0.1, -0.05) is 30.3 Å². The minimum Gasteiger partial charge on any atom is -0.325 e. The number of hydrogen-bond acceptors (Lipinski definition) is 5. The van der Waals surface area contributed by atoms with Crippen LogP contribution in [0.2, 0.25) is 0 Å². The van der Waals surface area contributed by atoms with Crippen molar-refractivity contribution < 1.29 is 0 Å². The third-order valence-electron chi connectivity index (χ3n) is 2.49. The zero-order valence-corrected chi connectivity index (χ0v) is 10.3. The molecular formula is C12H11N5S. The SMILES string of the molecule is NCc1nc(-c2nc(-c3ccccc3)n[nH]2)cs1. The molecule has 6 heteroatoms. The molecule has 3 N–H and O–H groups in total. The van der Waals surface area contributed by atoms with Crippen LogP contribution >= 0.6 is 11.3 Å². The maximum Gasteiger partial charge on any atom is 0.181 e. The molecule has 5 nitrogen and oxygen atoms in total. The summed E-state index contributed by atoms with van der Waals surface area (Å²) in [7, 11) is 0. The van der Waals surface area contributed by atoms with Crippen molar-refractivity contribution in [3.8, 4) is 22.9 Å². The van der Waals surface area contributed by atoms with Crippen LogP contribution in [-0.4, -0.2) is 20.2 Å². The number of hydrogen-bond donors (Lipinski definition) is 2. The second kappa shape index (κ2) is 4.67. The summed E-state index contributed by atoms with van der Waals surface area (Å²) in [5, 5.41) is 9.91. The zero-order valence-electron chi connectivity index (χ0n) is 9.50. The van der Waals surface area contributed by atoms with E-state index in [9.17, 15) is 0 Å². The standard InChI is InChI=1S/C12H11N5S/c13-6-10-14-9(7-18-10)12-15-11(16-17-12)8-4-2-1-3-5-8/h1-5,7H,6,13H2,(H,15,16,17). The number of nitrogens with one attached hydrogen (secondary N) is 1. The fourth-order valence-electron chi connectivity index (χ4n) is 1.61. The highest BCUT2D eigenvalue weighted by Gasteiger charge is 2.10. The number of nitrogens with two attached hydrogens (primary N) is 1. The molecule has 0 fully saturated rings. The Bertz CT molecular complexity index is 643. The summed E-state index contributed by atoms with van der Waals surface area (Å²) >= 11 is 1.53. The number of nitrogens with zero attached hydrogens (tertiary/aromatic N) is 3. The number of aromatic nitrogens is 4. The topological polar surface area (TPSA) is 80.5 Å². The van der Waals surface area contributed by atoms with Crippen LogP contribution in [0.25, 0.3) is 22.9 Å². The van der Waals surface area contributed by atoms with Gasteiger partial charge in [0.05, 0.1) is 0 Å². The molecule has 0 unspecified atom stereocenters. The molecule has 0 spiro atoms. The highest BCUT2D eigenvalue weighted by molar-refractivity contribution is 7.09. The normalized spacial score (nSPS) is 10.7. The average molecular weight is 257 g/mol. The summed E-state index contributed by atoms with van der Waals surface area (Å²) in [6.07, 6.45) is 0. The maximum absolute atomic E-state index is 5.54. The highest BCUT2D eigenvalue weighted by Crippen LogP contribution is 2.21. The van der Waals surface area contributed by atoms with Gasteiger partial charge in [0.2, 0.25) is 0 Å². The Morgan fingerprint density at radius 2 is 2.00 bits per heavy atom. The third-order valence-corrected chi connectivity index (χ3v) is 3.36. The van der Waals surface area contributed by atoms with Crippen molar-refractivity contribution in [2.75, 3.05) is 0 Å². The molecule has 0 amide bonds. The number of thiazole rings is 1. The van der Waals surface area contributed by atoms with Gasteiger partial charge >= 0.3 is 0 Å². The van der Waals surface area contributed by atoms with Crippen molar-refractivity contribution in [1.29, 1.82) is 0 Å². The molecule has 3 rings (SSSR count). The quantitative estimate of drug-likeness (QED) is 0.752. The minimum absolute atomic E-state index is 0.449. The van der Waals surface area contributed by atoms with Crippen molar-refractivity contribution in [3.63, 3.8) is 0 Å². The van der Waals surface area contributed by atoms with E-state index in [-0.39, 0.29) is 0 Å². The van der Waals surface area contributed by atoms with Crippen LogP contribution in [0.1, 0.15) is 5.01 Å². The van der Waals surface area contributed by atoms with Crippen LogP contribution < -0.4 is 5.73 Å². The van der Waals surface area contributed by atoms with Gasteiger partial charge in [0.15, 0.2) is 11.6 Å². The number of aromatic amines is 1. The molecule has 2 aromatic heterocycles.